The molecule has 8 nitrogen and oxygen atoms in total. The molecule has 1 fully saturated rings. The van der Waals surface area contributed by atoms with E-state index in [0.29, 0.717) is 45.3 Å². The summed E-state index contributed by atoms with van der Waals surface area (Å²) in [6, 6.07) is 7.90. The molecule has 3 aromatic heterocycles. The number of furan rings is 1. The summed E-state index contributed by atoms with van der Waals surface area (Å²) in [5.74, 6) is 0.683. The summed E-state index contributed by atoms with van der Waals surface area (Å²) in [6.45, 7) is 3.90. The maximum atomic E-state index is 14.0. The molecule has 1 aliphatic carbocycles. The second kappa shape index (κ2) is 7.19. The van der Waals surface area contributed by atoms with E-state index in [1.807, 2.05) is 0 Å². The van der Waals surface area contributed by atoms with Crippen LogP contribution in [0.3, 0.4) is 0 Å². The zero-order valence-corrected chi connectivity index (χ0v) is 17.0. The third kappa shape index (κ3) is 3.63. The summed E-state index contributed by atoms with van der Waals surface area (Å²) in [4.78, 5) is 21.5. The molecule has 0 saturated heterocycles. The number of hydrogen-bond acceptors (Lipinski definition) is 7. The van der Waals surface area contributed by atoms with Crippen LogP contribution in [0.4, 0.5) is 10.2 Å². The highest BCUT2D eigenvalue weighted by Gasteiger charge is 2.38. The molecule has 1 aliphatic rings. The number of rotatable bonds is 6. The number of anilines is 1. The number of carbonyl (C=O) groups excluding carboxylic acids is 1. The Morgan fingerprint density at radius 1 is 1.26 bits per heavy atom. The fourth-order valence-corrected chi connectivity index (χ4v) is 3.46. The lowest BCUT2D eigenvalue weighted by molar-refractivity contribution is 0.0947. The molecule has 158 valence electrons. The van der Waals surface area contributed by atoms with Crippen molar-refractivity contribution in [2.24, 2.45) is 0 Å². The van der Waals surface area contributed by atoms with Crippen molar-refractivity contribution in [3.05, 3.63) is 59.6 Å². The first-order chi connectivity index (χ1) is 14.9. The van der Waals surface area contributed by atoms with E-state index in [4.69, 9.17) is 8.94 Å². The van der Waals surface area contributed by atoms with E-state index in [-0.39, 0.29) is 18.0 Å². The normalized spacial score (nSPS) is 14.5. The molecule has 1 aromatic carbocycles. The third-order valence-electron chi connectivity index (χ3n) is 5.44. The number of amides is 1. The maximum Gasteiger partial charge on any atom is 0.256 e. The lowest BCUT2D eigenvalue weighted by atomic mass is 10.1. The van der Waals surface area contributed by atoms with Crippen molar-refractivity contribution in [2.75, 3.05) is 5.32 Å². The smallest absolute Gasteiger partial charge is 0.256 e. The Bertz CT molecular complexity index is 1290. The van der Waals surface area contributed by atoms with Crippen molar-refractivity contribution in [1.29, 1.82) is 0 Å². The van der Waals surface area contributed by atoms with E-state index in [2.05, 4.69) is 32.7 Å². The lowest BCUT2D eigenvalue weighted by Crippen LogP contribution is -2.24. The van der Waals surface area contributed by atoms with Gasteiger partial charge in [-0.3, -0.25) is 4.79 Å². The number of aromatic nitrogens is 3. The van der Waals surface area contributed by atoms with Gasteiger partial charge in [0.1, 0.15) is 29.4 Å². The second-order valence-corrected chi connectivity index (χ2v) is 7.96. The van der Waals surface area contributed by atoms with Gasteiger partial charge in [0.15, 0.2) is 5.76 Å². The fourth-order valence-electron chi connectivity index (χ4n) is 3.46. The van der Waals surface area contributed by atoms with Gasteiger partial charge in [0.05, 0.1) is 17.5 Å². The van der Waals surface area contributed by atoms with Crippen molar-refractivity contribution in [2.45, 2.75) is 38.8 Å². The first-order valence-corrected chi connectivity index (χ1v) is 9.94. The van der Waals surface area contributed by atoms with Gasteiger partial charge in [-0.25, -0.2) is 14.4 Å². The number of hydrogen-bond donors (Lipinski definition) is 2. The lowest BCUT2D eigenvalue weighted by Gasteiger charge is -2.13. The van der Waals surface area contributed by atoms with Crippen molar-refractivity contribution < 1.29 is 18.1 Å². The van der Waals surface area contributed by atoms with E-state index in [9.17, 15) is 9.18 Å². The average Bonchev–Trinajstić information content (AvgIpc) is 3.14. The summed E-state index contributed by atoms with van der Waals surface area (Å²) >= 11 is 0. The highest BCUT2D eigenvalue weighted by molar-refractivity contribution is 6.10. The molecule has 3 heterocycles. The van der Waals surface area contributed by atoms with Crippen LogP contribution < -0.4 is 10.6 Å². The summed E-state index contributed by atoms with van der Waals surface area (Å²) in [5.41, 5.74) is 1.40. The molecule has 0 bridgehead atoms. The van der Waals surface area contributed by atoms with Gasteiger partial charge in [-0.1, -0.05) is 17.3 Å². The average molecular weight is 421 g/mol. The zero-order valence-electron chi connectivity index (χ0n) is 17.0. The van der Waals surface area contributed by atoms with Crippen LogP contribution in [0.15, 0.2) is 45.6 Å². The van der Waals surface area contributed by atoms with E-state index >= 15 is 0 Å². The summed E-state index contributed by atoms with van der Waals surface area (Å²) in [7, 11) is 0. The predicted octanol–water partition coefficient (Wildman–Crippen LogP) is 4.22. The minimum Gasteiger partial charge on any atom is -0.442 e. The van der Waals surface area contributed by atoms with Crippen LogP contribution >= 0.6 is 0 Å². The number of nitrogens with one attached hydrogen (secondary N) is 2. The van der Waals surface area contributed by atoms with Gasteiger partial charge < -0.3 is 19.6 Å². The molecule has 9 heteroatoms. The van der Waals surface area contributed by atoms with Crippen LogP contribution in [0.2, 0.25) is 0 Å². The molecule has 2 N–H and O–H groups in total. The Morgan fingerprint density at radius 2 is 2.06 bits per heavy atom. The zero-order chi connectivity index (χ0) is 21.6. The van der Waals surface area contributed by atoms with E-state index in [1.54, 1.807) is 31.2 Å². The SMILES string of the molecule is Cc1oc2ncnc(NC3(C)CC3)c2c1C(=O)NCc1cc(-c2ccccc2F)no1. The molecular weight excluding hydrogens is 401 g/mol. The van der Waals surface area contributed by atoms with Crippen LogP contribution in [0.1, 0.15) is 41.6 Å². The topological polar surface area (TPSA) is 106 Å². The van der Waals surface area contributed by atoms with Gasteiger partial charge in [0.25, 0.3) is 5.91 Å². The van der Waals surface area contributed by atoms with Gasteiger partial charge in [-0.05, 0) is 38.8 Å². The van der Waals surface area contributed by atoms with Crippen LogP contribution in [0.5, 0.6) is 0 Å². The van der Waals surface area contributed by atoms with Gasteiger partial charge in [-0.15, -0.1) is 0 Å². The Balaban J connectivity index is 1.38. The quantitative estimate of drug-likeness (QED) is 0.480. The van der Waals surface area contributed by atoms with Gasteiger partial charge in [0, 0.05) is 17.2 Å². The summed E-state index contributed by atoms with van der Waals surface area (Å²) < 4.78 is 24.9. The second-order valence-electron chi connectivity index (χ2n) is 7.96. The van der Waals surface area contributed by atoms with E-state index in [1.165, 1.54) is 12.4 Å². The molecule has 1 amide bonds. The first-order valence-electron chi connectivity index (χ1n) is 9.94. The molecule has 4 aromatic rings. The molecule has 0 unspecified atom stereocenters. The third-order valence-corrected chi connectivity index (χ3v) is 5.44. The molecule has 5 rings (SSSR count). The van der Waals surface area contributed by atoms with Gasteiger partial charge in [0.2, 0.25) is 5.71 Å². The van der Waals surface area contributed by atoms with Crippen LogP contribution in [0.25, 0.3) is 22.4 Å². The largest absolute Gasteiger partial charge is 0.442 e. The van der Waals surface area contributed by atoms with Crippen LogP contribution in [-0.2, 0) is 6.54 Å². The molecule has 31 heavy (non-hydrogen) atoms. The van der Waals surface area contributed by atoms with Crippen molar-refractivity contribution in [3.63, 3.8) is 0 Å². The van der Waals surface area contributed by atoms with Crippen LogP contribution in [0, 0.1) is 12.7 Å². The number of nitrogens with zero attached hydrogens (tertiary/aromatic N) is 3. The molecule has 0 radical (unpaired) electrons. The Kier molecular flexibility index (Phi) is 4.46. The van der Waals surface area contributed by atoms with Gasteiger partial charge in [-0.2, -0.15) is 0 Å². The first kappa shape index (κ1) is 19.2. The number of aryl methyl sites for hydroxylation is 1. The van der Waals surface area contributed by atoms with E-state index < -0.39 is 5.82 Å². The van der Waals surface area contributed by atoms with Crippen molar-refractivity contribution >= 4 is 22.8 Å². The Labute approximate surface area is 176 Å². The highest BCUT2D eigenvalue weighted by Crippen LogP contribution is 2.40. The van der Waals surface area contributed by atoms with E-state index in [0.717, 1.165) is 12.8 Å². The number of halogens is 1. The maximum absolute atomic E-state index is 14.0. The summed E-state index contributed by atoms with van der Waals surface area (Å²) in [5, 5.41) is 10.7. The molecule has 0 atom stereocenters. The minimum atomic E-state index is -0.392. The van der Waals surface area contributed by atoms with Crippen molar-refractivity contribution in [1.82, 2.24) is 20.4 Å². The molecule has 0 spiro atoms. The molecule has 0 aliphatic heterocycles. The summed E-state index contributed by atoms with van der Waals surface area (Å²) in [6.07, 6.45) is 3.49. The number of benzene rings is 1. The standard InChI is InChI=1S/C22H20FN5O3/c1-12-17(18-19(27-22(2)7-8-22)25-11-26-21(18)30-12)20(29)24-10-13-9-16(28-31-13)14-5-3-4-6-15(14)23/h3-6,9,11H,7-8,10H2,1-2H3,(H,24,29)(H,25,26,27). The molecular formula is C22H20FN5O3. The fraction of sp³-hybridized carbons (Fsp3) is 0.273. The Morgan fingerprint density at radius 3 is 2.84 bits per heavy atom. The van der Waals surface area contributed by atoms with Gasteiger partial charge >= 0.3 is 0 Å². The predicted molar refractivity (Wildman–Crippen MR) is 111 cm³/mol. The van der Waals surface area contributed by atoms with Crippen molar-refractivity contribution in [3.8, 4) is 11.3 Å². The monoisotopic (exact) mass is 421 g/mol. The molecule has 1 saturated carbocycles. The minimum absolute atomic E-state index is 0.0246. The Hall–Kier alpha value is -3.75. The highest BCUT2D eigenvalue weighted by atomic mass is 19.1. The number of carbonyl (C=O) groups is 1. The van der Waals surface area contributed by atoms with Crippen LogP contribution in [-0.4, -0.2) is 26.6 Å². The number of fused-ring (bicyclic) bond motifs is 1.